The van der Waals surface area contributed by atoms with Crippen LogP contribution in [0.5, 0.6) is 0 Å². The van der Waals surface area contributed by atoms with Crippen molar-refractivity contribution in [2.45, 2.75) is 39.5 Å². The number of anilines is 1. The van der Waals surface area contributed by atoms with Crippen LogP contribution in [0.4, 0.5) is 5.82 Å². The van der Waals surface area contributed by atoms with Crippen LogP contribution in [0.15, 0.2) is 18.3 Å². The second kappa shape index (κ2) is 11.5. The molecule has 7 heteroatoms. The molecule has 1 aliphatic rings. The average Bonchev–Trinajstić information content (AvgIpc) is 2.72. The molecular formula is C20H32N4O3. The summed E-state index contributed by atoms with van der Waals surface area (Å²) in [6.45, 7) is 8.99. The molecule has 0 radical (unpaired) electrons. The molecule has 2 heterocycles. The van der Waals surface area contributed by atoms with E-state index in [0.717, 1.165) is 51.3 Å². The first-order valence-corrected chi connectivity index (χ1v) is 10.0. The molecule has 0 aliphatic carbocycles. The van der Waals surface area contributed by atoms with Crippen molar-refractivity contribution in [1.82, 2.24) is 15.2 Å². The lowest BCUT2D eigenvalue weighted by molar-refractivity contribution is -0.131. The first kappa shape index (κ1) is 21.2. The Bertz CT molecular complexity index is 583. The van der Waals surface area contributed by atoms with Crippen LogP contribution in [0.2, 0.25) is 0 Å². The Morgan fingerprint density at radius 2 is 1.93 bits per heavy atom. The maximum atomic E-state index is 12.1. The van der Waals surface area contributed by atoms with Gasteiger partial charge in [0.1, 0.15) is 5.82 Å². The van der Waals surface area contributed by atoms with Gasteiger partial charge in [-0.25, -0.2) is 4.98 Å². The van der Waals surface area contributed by atoms with E-state index >= 15 is 0 Å². The summed E-state index contributed by atoms with van der Waals surface area (Å²) >= 11 is 0. The Balaban J connectivity index is 1.77. The van der Waals surface area contributed by atoms with E-state index < -0.39 is 0 Å². The zero-order valence-corrected chi connectivity index (χ0v) is 16.6. The van der Waals surface area contributed by atoms with Gasteiger partial charge in [-0.15, -0.1) is 0 Å². The highest BCUT2D eigenvalue weighted by Gasteiger charge is 2.21. The highest BCUT2D eigenvalue weighted by Crippen LogP contribution is 2.15. The number of carbonyl (C=O) groups is 2. The van der Waals surface area contributed by atoms with Crippen LogP contribution in [0, 0.1) is 0 Å². The molecule has 0 bridgehead atoms. The van der Waals surface area contributed by atoms with E-state index in [1.54, 1.807) is 12.3 Å². The topological polar surface area (TPSA) is 74.8 Å². The molecule has 1 aliphatic heterocycles. The molecule has 0 unspecified atom stereocenters. The van der Waals surface area contributed by atoms with Gasteiger partial charge in [-0.05, 0) is 31.9 Å². The van der Waals surface area contributed by atoms with Gasteiger partial charge in [0.25, 0.3) is 5.91 Å². The fourth-order valence-corrected chi connectivity index (χ4v) is 3.00. The molecule has 1 N–H and O–H groups in total. The van der Waals surface area contributed by atoms with Crippen LogP contribution >= 0.6 is 0 Å². The van der Waals surface area contributed by atoms with E-state index in [9.17, 15) is 9.59 Å². The third-order valence-electron chi connectivity index (χ3n) is 4.67. The minimum atomic E-state index is -0.114. The number of carbonyl (C=O) groups excluding carboxylic acids is 2. The fraction of sp³-hybridized carbons (Fsp3) is 0.650. The number of hydrogen-bond donors (Lipinski definition) is 1. The predicted octanol–water partition coefficient (Wildman–Crippen LogP) is 2.08. The van der Waals surface area contributed by atoms with E-state index in [1.807, 2.05) is 17.9 Å². The van der Waals surface area contributed by atoms with Crippen molar-refractivity contribution in [3.63, 3.8) is 0 Å². The van der Waals surface area contributed by atoms with Gasteiger partial charge in [-0.1, -0.05) is 13.3 Å². The normalized spacial score (nSPS) is 14.3. The summed E-state index contributed by atoms with van der Waals surface area (Å²) in [6, 6.07) is 3.68. The molecule has 7 nitrogen and oxygen atoms in total. The summed E-state index contributed by atoms with van der Waals surface area (Å²) in [5.74, 6) is 0.987. The standard InChI is InChI=1S/C20H32N4O3/c1-3-5-7-19(25)24-13-11-23(12-14-24)18-9-8-17(16-22-18)20(26)21-10-6-15-27-4-2/h8-9,16H,3-7,10-15H2,1-2H3,(H,21,26). The zero-order chi connectivity index (χ0) is 19.5. The summed E-state index contributed by atoms with van der Waals surface area (Å²) in [5.41, 5.74) is 0.559. The monoisotopic (exact) mass is 376 g/mol. The summed E-state index contributed by atoms with van der Waals surface area (Å²) in [7, 11) is 0. The lowest BCUT2D eigenvalue weighted by atomic mass is 10.2. The van der Waals surface area contributed by atoms with Crippen LogP contribution in [-0.4, -0.2) is 67.6 Å². The Labute approximate surface area is 162 Å². The fourth-order valence-electron chi connectivity index (χ4n) is 3.00. The van der Waals surface area contributed by atoms with Crippen molar-refractivity contribution in [3.8, 4) is 0 Å². The van der Waals surface area contributed by atoms with Crippen LogP contribution in [-0.2, 0) is 9.53 Å². The highest BCUT2D eigenvalue weighted by atomic mass is 16.5. The van der Waals surface area contributed by atoms with E-state index in [2.05, 4.69) is 22.1 Å². The SMILES string of the molecule is CCCCC(=O)N1CCN(c2ccc(C(=O)NCCCOCC)cn2)CC1. The smallest absolute Gasteiger partial charge is 0.252 e. The quantitative estimate of drug-likeness (QED) is 0.633. The molecule has 1 aromatic rings. The maximum Gasteiger partial charge on any atom is 0.252 e. The molecule has 2 rings (SSSR count). The average molecular weight is 377 g/mol. The Kier molecular flexibility index (Phi) is 9.04. The Hall–Kier alpha value is -2.15. The highest BCUT2D eigenvalue weighted by molar-refractivity contribution is 5.94. The number of ether oxygens (including phenoxy) is 1. The van der Waals surface area contributed by atoms with E-state index in [4.69, 9.17) is 4.74 Å². The van der Waals surface area contributed by atoms with Crippen molar-refractivity contribution in [2.75, 3.05) is 50.8 Å². The molecule has 150 valence electrons. The van der Waals surface area contributed by atoms with E-state index in [0.29, 0.717) is 31.7 Å². The molecule has 0 atom stereocenters. The Morgan fingerprint density at radius 3 is 2.56 bits per heavy atom. The first-order valence-electron chi connectivity index (χ1n) is 10.0. The number of amides is 2. The van der Waals surface area contributed by atoms with Crippen LogP contribution in [0.1, 0.15) is 49.9 Å². The van der Waals surface area contributed by atoms with Crippen molar-refractivity contribution in [3.05, 3.63) is 23.9 Å². The zero-order valence-electron chi connectivity index (χ0n) is 16.6. The van der Waals surface area contributed by atoms with Gasteiger partial charge < -0.3 is 19.9 Å². The number of nitrogens with one attached hydrogen (secondary N) is 1. The van der Waals surface area contributed by atoms with Gasteiger partial charge in [-0.3, -0.25) is 9.59 Å². The molecule has 1 saturated heterocycles. The summed E-state index contributed by atoms with van der Waals surface area (Å²) in [5, 5.41) is 2.88. The van der Waals surface area contributed by atoms with Gasteiger partial charge in [-0.2, -0.15) is 0 Å². The van der Waals surface area contributed by atoms with Crippen molar-refractivity contribution in [1.29, 1.82) is 0 Å². The Morgan fingerprint density at radius 1 is 1.15 bits per heavy atom. The summed E-state index contributed by atoms with van der Waals surface area (Å²) in [4.78, 5) is 32.8. The maximum absolute atomic E-state index is 12.1. The third kappa shape index (κ3) is 6.82. The lowest BCUT2D eigenvalue weighted by Crippen LogP contribution is -2.49. The van der Waals surface area contributed by atoms with Crippen molar-refractivity contribution < 1.29 is 14.3 Å². The number of pyridine rings is 1. The lowest BCUT2D eigenvalue weighted by Gasteiger charge is -2.35. The van der Waals surface area contributed by atoms with E-state index in [1.165, 1.54) is 0 Å². The minimum absolute atomic E-state index is 0.114. The van der Waals surface area contributed by atoms with Crippen molar-refractivity contribution >= 4 is 17.6 Å². The van der Waals surface area contributed by atoms with Gasteiger partial charge in [0.2, 0.25) is 5.91 Å². The molecule has 27 heavy (non-hydrogen) atoms. The van der Waals surface area contributed by atoms with Gasteiger partial charge in [0, 0.05) is 58.6 Å². The number of nitrogens with zero attached hydrogens (tertiary/aromatic N) is 3. The molecule has 1 aromatic heterocycles. The molecule has 0 spiro atoms. The van der Waals surface area contributed by atoms with E-state index in [-0.39, 0.29) is 11.8 Å². The third-order valence-corrected chi connectivity index (χ3v) is 4.67. The minimum Gasteiger partial charge on any atom is -0.382 e. The number of aromatic nitrogens is 1. The van der Waals surface area contributed by atoms with Crippen LogP contribution in [0.25, 0.3) is 0 Å². The molecule has 2 amide bonds. The first-order chi connectivity index (χ1) is 13.2. The summed E-state index contributed by atoms with van der Waals surface area (Å²) < 4.78 is 5.25. The number of unbranched alkanes of at least 4 members (excludes halogenated alkanes) is 1. The predicted molar refractivity (Wildman–Crippen MR) is 106 cm³/mol. The van der Waals surface area contributed by atoms with Crippen LogP contribution < -0.4 is 10.2 Å². The molecule has 0 saturated carbocycles. The number of hydrogen-bond acceptors (Lipinski definition) is 5. The molecule has 1 fully saturated rings. The number of rotatable bonds is 10. The molecule has 0 aromatic carbocycles. The van der Waals surface area contributed by atoms with Gasteiger partial charge in [0.05, 0.1) is 5.56 Å². The number of piperazine rings is 1. The second-order valence-electron chi connectivity index (χ2n) is 6.68. The van der Waals surface area contributed by atoms with Gasteiger partial charge in [0.15, 0.2) is 0 Å². The van der Waals surface area contributed by atoms with Crippen molar-refractivity contribution in [2.24, 2.45) is 0 Å². The van der Waals surface area contributed by atoms with Crippen LogP contribution in [0.3, 0.4) is 0 Å². The summed E-state index contributed by atoms with van der Waals surface area (Å²) in [6.07, 6.45) is 5.05. The largest absolute Gasteiger partial charge is 0.382 e. The molecular weight excluding hydrogens is 344 g/mol. The van der Waals surface area contributed by atoms with Gasteiger partial charge >= 0.3 is 0 Å². The second-order valence-corrected chi connectivity index (χ2v) is 6.68.